The molecule has 2 aromatic rings. The Morgan fingerprint density at radius 2 is 1.91 bits per heavy atom. The Hall–Kier alpha value is -2.91. The second-order valence-corrected chi connectivity index (χ2v) is 9.01. The maximum atomic E-state index is 13.5. The van der Waals surface area contributed by atoms with Crippen molar-refractivity contribution in [2.75, 3.05) is 13.7 Å². The van der Waals surface area contributed by atoms with Crippen LogP contribution >= 0.6 is 11.6 Å². The molecule has 33 heavy (non-hydrogen) atoms. The van der Waals surface area contributed by atoms with E-state index in [1.807, 2.05) is 0 Å². The Balaban J connectivity index is 1.34. The van der Waals surface area contributed by atoms with E-state index in [1.165, 1.54) is 25.4 Å². The number of ether oxygens (including phenoxy) is 2. The lowest BCUT2D eigenvalue weighted by Gasteiger charge is -2.56. The van der Waals surface area contributed by atoms with Gasteiger partial charge in [-0.3, -0.25) is 9.59 Å². The van der Waals surface area contributed by atoms with Crippen LogP contribution in [0.15, 0.2) is 36.5 Å². The molecule has 3 aliphatic carbocycles. The molecule has 1 aromatic heterocycles. The van der Waals surface area contributed by atoms with Crippen LogP contribution in [0.25, 0.3) is 0 Å². The highest BCUT2D eigenvalue weighted by molar-refractivity contribution is 6.30. The molecule has 3 N–H and O–H groups in total. The van der Waals surface area contributed by atoms with Crippen LogP contribution in [0.2, 0.25) is 5.02 Å². The number of carbonyl (C=O) groups is 2. The van der Waals surface area contributed by atoms with Gasteiger partial charge in [-0.2, -0.15) is 0 Å². The summed E-state index contributed by atoms with van der Waals surface area (Å²) in [5.41, 5.74) is -1.07. The van der Waals surface area contributed by atoms with Gasteiger partial charge in [-0.25, -0.2) is 9.37 Å². The van der Waals surface area contributed by atoms with Crippen LogP contribution in [-0.4, -0.2) is 52.8 Å². The highest BCUT2D eigenvalue weighted by atomic mass is 35.5. The summed E-state index contributed by atoms with van der Waals surface area (Å²) in [5, 5.41) is 16.8. The number of aliphatic hydroxyl groups is 1. The topological polar surface area (TPSA) is 110 Å². The Labute approximate surface area is 195 Å². The second kappa shape index (κ2) is 9.15. The molecule has 8 nitrogen and oxygen atoms in total. The molecular formula is C23H25ClFN3O5. The highest BCUT2D eigenvalue weighted by Crippen LogP contribution is 2.47. The number of nitrogens with zero attached hydrogens (tertiary/aromatic N) is 1. The third-order valence-electron chi connectivity index (χ3n) is 6.55. The number of halogens is 2. The van der Waals surface area contributed by atoms with Crippen molar-refractivity contribution in [3.05, 3.63) is 53.1 Å². The summed E-state index contributed by atoms with van der Waals surface area (Å²) < 4.78 is 24.0. The lowest BCUT2D eigenvalue weighted by atomic mass is 9.60. The zero-order valence-corrected chi connectivity index (χ0v) is 18.8. The van der Waals surface area contributed by atoms with Crippen LogP contribution in [0.3, 0.4) is 0 Å². The van der Waals surface area contributed by atoms with E-state index in [9.17, 15) is 19.1 Å². The molecule has 10 heteroatoms. The van der Waals surface area contributed by atoms with Crippen LogP contribution < -0.4 is 20.1 Å². The van der Waals surface area contributed by atoms with Gasteiger partial charge in [0.1, 0.15) is 23.0 Å². The number of aromatic nitrogens is 1. The molecule has 1 unspecified atom stereocenters. The van der Waals surface area contributed by atoms with Crippen LogP contribution in [-0.2, 0) is 4.79 Å². The predicted molar refractivity (Wildman–Crippen MR) is 118 cm³/mol. The van der Waals surface area contributed by atoms with E-state index in [0.29, 0.717) is 37.9 Å². The first-order chi connectivity index (χ1) is 15.7. The minimum absolute atomic E-state index is 0.0310. The molecule has 0 radical (unpaired) electrons. The number of rotatable bonds is 7. The summed E-state index contributed by atoms with van der Waals surface area (Å²) in [6.07, 6.45) is 3.19. The van der Waals surface area contributed by atoms with Crippen LogP contribution in [0.5, 0.6) is 11.5 Å². The molecule has 5 rings (SSSR count). The molecule has 1 atom stereocenters. The largest absolute Gasteiger partial charge is 0.495 e. The van der Waals surface area contributed by atoms with Crippen molar-refractivity contribution >= 4 is 23.4 Å². The smallest absolute Gasteiger partial charge is 0.270 e. The first-order valence-electron chi connectivity index (χ1n) is 10.6. The fourth-order valence-corrected chi connectivity index (χ4v) is 4.75. The molecule has 3 aliphatic rings. The lowest BCUT2D eigenvalue weighted by Crippen LogP contribution is -2.70. The summed E-state index contributed by atoms with van der Waals surface area (Å²) in [5.74, 6) is -0.615. The van der Waals surface area contributed by atoms with Crippen molar-refractivity contribution in [2.45, 2.75) is 49.3 Å². The summed E-state index contributed by atoms with van der Waals surface area (Å²) >= 11 is 5.65. The highest BCUT2D eigenvalue weighted by Gasteiger charge is 2.55. The summed E-state index contributed by atoms with van der Waals surface area (Å²) in [4.78, 5) is 29.3. The van der Waals surface area contributed by atoms with E-state index < -0.39 is 28.9 Å². The zero-order valence-electron chi connectivity index (χ0n) is 18.1. The summed E-state index contributed by atoms with van der Waals surface area (Å²) in [6.45, 7) is -0.319. The van der Waals surface area contributed by atoms with Gasteiger partial charge in [0, 0.05) is 11.6 Å². The number of benzene rings is 1. The standard InChI is InChI=1S/C23H25ClFN3O5/c1-32-15-3-5-18(26-12-15)21(31)28-22-6-8-23(9-7-22,19(29)11-22)27-20(30)13-33-14-2-4-16(24)17(25)10-14/h2-5,10,12,19,29H,6-9,11,13H2,1H3,(H,27,30)(H,28,31). The summed E-state index contributed by atoms with van der Waals surface area (Å²) in [6, 6.07) is 7.19. The fourth-order valence-electron chi connectivity index (χ4n) is 4.63. The average Bonchev–Trinajstić information content (AvgIpc) is 2.81. The molecule has 176 valence electrons. The van der Waals surface area contributed by atoms with E-state index in [0.717, 1.165) is 6.07 Å². The quantitative estimate of drug-likeness (QED) is 0.565. The van der Waals surface area contributed by atoms with Crippen molar-refractivity contribution in [1.29, 1.82) is 0 Å². The Morgan fingerprint density at radius 1 is 1.18 bits per heavy atom. The van der Waals surface area contributed by atoms with Crippen LogP contribution in [0, 0.1) is 5.82 Å². The van der Waals surface area contributed by atoms with Crippen molar-refractivity contribution < 1.29 is 28.6 Å². The average molecular weight is 478 g/mol. The number of fused-ring (bicyclic) bond motifs is 3. The molecular weight excluding hydrogens is 453 g/mol. The SMILES string of the molecule is COc1ccc(C(=O)NC23CCC(NC(=O)COc4ccc(Cl)c(F)c4)(CC2)C(O)C3)nc1. The monoisotopic (exact) mass is 477 g/mol. The van der Waals surface area contributed by atoms with Crippen molar-refractivity contribution in [2.24, 2.45) is 0 Å². The van der Waals surface area contributed by atoms with Gasteiger partial charge in [0.2, 0.25) is 0 Å². The normalized spacial score (nSPS) is 25.9. The van der Waals surface area contributed by atoms with Gasteiger partial charge in [-0.05, 0) is 56.4 Å². The van der Waals surface area contributed by atoms with E-state index in [1.54, 1.807) is 12.1 Å². The van der Waals surface area contributed by atoms with Crippen LogP contribution in [0.1, 0.15) is 42.6 Å². The minimum Gasteiger partial charge on any atom is -0.495 e. The van der Waals surface area contributed by atoms with Gasteiger partial charge in [-0.15, -0.1) is 0 Å². The Morgan fingerprint density at radius 3 is 2.52 bits per heavy atom. The maximum absolute atomic E-state index is 13.5. The van der Waals surface area contributed by atoms with Gasteiger partial charge >= 0.3 is 0 Å². The Bertz CT molecular complexity index is 1040. The van der Waals surface area contributed by atoms with Gasteiger partial charge < -0.3 is 25.2 Å². The predicted octanol–water partition coefficient (Wildman–Crippen LogP) is 2.62. The number of hydrogen-bond acceptors (Lipinski definition) is 6. The van der Waals surface area contributed by atoms with E-state index in [4.69, 9.17) is 21.1 Å². The third kappa shape index (κ3) is 4.89. The fraction of sp³-hybridized carbons (Fsp3) is 0.435. The molecule has 0 saturated heterocycles. The summed E-state index contributed by atoms with van der Waals surface area (Å²) in [7, 11) is 1.52. The van der Waals surface area contributed by atoms with Gasteiger partial charge in [-0.1, -0.05) is 11.6 Å². The number of nitrogens with one attached hydrogen (secondary N) is 2. The first kappa shape index (κ1) is 23.3. The molecule has 3 fully saturated rings. The molecule has 3 saturated carbocycles. The molecule has 2 amide bonds. The second-order valence-electron chi connectivity index (χ2n) is 8.61. The number of carbonyl (C=O) groups excluding carboxylic acids is 2. The molecule has 2 bridgehead atoms. The zero-order chi connectivity index (χ0) is 23.6. The van der Waals surface area contributed by atoms with Crippen LogP contribution in [0.4, 0.5) is 4.39 Å². The number of amides is 2. The van der Waals surface area contributed by atoms with Gasteiger partial charge in [0.15, 0.2) is 6.61 Å². The molecule has 0 aliphatic heterocycles. The number of pyridine rings is 1. The van der Waals surface area contributed by atoms with Crippen molar-refractivity contribution in [3.8, 4) is 11.5 Å². The van der Waals surface area contributed by atoms with Gasteiger partial charge in [0.05, 0.1) is 30.0 Å². The number of hydrogen-bond donors (Lipinski definition) is 3. The third-order valence-corrected chi connectivity index (χ3v) is 6.86. The first-order valence-corrected chi connectivity index (χ1v) is 11.0. The molecule has 1 aromatic carbocycles. The van der Waals surface area contributed by atoms with Crippen molar-refractivity contribution in [1.82, 2.24) is 15.6 Å². The van der Waals surface area contributed by atoms with E-state index >= 15 is 0 Å². The van der Waals surface area contributed by atoms with E-state index in [-0.39, 0.29) is 29.0 Å². The van der Waals surface area contributed by atoms with Crippen molar-refractivity contribution in [3.63, 3.8) is 0 Å². The molecule has 1 heterocycles. The van der Waals surface area contributed by atoms with Gasteiger partial charge in [0.25, 0.3) is 11.8 Å². The molecule has 0 spiro atoms. The Kier molecular flexibility index (Phi) is 6.45. The minimum atomic E-state index is -0.832. The maximum Gasteiger partial charge on any atom is 0.270 e. The van der Waals surface area contributed by atoms with E-state index in [2.05, 4.69) is 15.6 Å². The lowest BCUT2D eigenvalue weighted by molar-refractivity contribution is -0.132. The number of aliphatic hydroxyl groups excluding tert-OH is 1. The number of methoxy groups -OCH3 is 1.